The zero-order valence-corrected chi connectivity index (χ0v) is 8.87. The van der Waals surface area contributed by atoms with Crippen LogP contribution in [-0.2, 0) is 5.54 Å². The molecule has 78 valence electrons. The normalized spacial score (nSPS) is 14.9. The third kappa shape index (κ3) is 2.05. The second-order valence-electron chi connectivity index (χ2n) is 3.78. The number of hydrogen-bond acceptors (Lipinski definition) is 3. The minimum absolute atomic E-state index is 0.104. The summed E-state index contributed by atoms with van der Waals surface area (Å²) in [6, 6.07) is 5.76. The molecule has 0 aliphatic carbocycles. The lowest BCUT2D eigenvalue weighted by molar-refractivity contribution is 0.206. The van der Waals surface area contributed by atoms with E-state index >= 15 is 0 Å². The van der Waals surface area contributed by atoms with Crippen LogP contribution >= 0.6 is 0 Å². The van der Waals surface area contributed by atoms with Gasteiger partial charge in [0.15, 0.2) is 0 Å². The molecule has 14 heavy (non-hydrogen) atoms. The van der Waals surface area contributed by atoms with E-state index in [-0.39, 0.29) is 6.61 Å². The summed E-state index contributed by atoms with van der Waals surface area (Å²) in [6.45, 7) is 3.66. The van der Waals surface area contributed by atoms with Crippen LogP contribution in [0.4, 0.5) is 0 Å². The van der Waals surface area contributed by atoms with Gasteiger partial charge in [-0.05, 0) is 19.9 Å². The highest BCUT2D eigenvalue weighted by molar-refractivity contribution is 5.41. The van der Waals surface area contributed by atoms with Crippen molar-refractivity contribution in [3.05, 3.63) is 29.3 Å². The molecule has 1 unspecified atom stereocenters. The molecule has 3 nitrogen and oxygen atoms in total. The molecule has 0 saturated heterocycles. The fraction of sp³-hybridized carbons (Fsp3) is 0.455. The van der Waals surface area contributed by atoms with Gasteiger partial charge in [0, 0.05) is 5.56 Å². The first kappa shape index (κ1) is 11.0. The highest BCUT2D eigenvalue weighted by Gasteiger charge is 2.23. The summed E-state index contributed by atoms with van der Waals surface area (Å²) < 4.78 is 5.20. The Morgan fingerprint density at radius 2 is 2.14 bits per heavy atom. The van der Waals surface area contributed by atoms with Gasteiger partial charge < -0.3 is 15.6 Å². The highest BCUT2D eigenvalue weighted by atomic mass is 16.5. The maximum absolute atomic E-state index is 9.18. The molecule has 0 aromatic heterocycles. The van der Waals surface area contributed by atoms with Gasteiger partial charge in [-0.1, -0.05) is 17.7 Å². The highest BCUT2D eigenvalue weighted by Crippen LogP contribution is 2.28. The number of aryl methyl sites for hydroxylation is 1. The number of hydrogen-bond donors (Lipinski definition) is 2. The Bertz CT molecular complexity index is 321. The number of benzene rings is 1. The van der Waals surface area contributed by atoms with Crippen molar-refractivity contribution in [2.24, 2.45) is 5.73 Å². The average Bonchev–Trinajstić information content (AvgIpc) is 2.18. The van der Waals surface area contributed by atoms with Crippen LogP contribution in [-0.4, -0.2) is 18.8 Å². The van der Waals surface area contributed by atoms with E-state index in [0.717, 1.165) is 16.9 Å². The lowest BCUT2D eigenvalue weighted by Gasteiger charge is -2.24. The standard InChI is InChI=1S/C11H17NO2/c1-8-4-5-10(14-3)9(6-8)11(2,12)7-13/h4-6,13H,7,12H2,1-3H3. The van der Waals surface area contributed by atoms with Gasteiger partial charge in [0.1, 0.15) is 5.75 Å². The van der Waals surface area contributed by atoms with Gasteiger partial charge in [0.2, 0.25) is 0 Å². The second-order valence-corrected chi connectivity index (χ2v) is 3.78. The summed E-state index contributed by atoms with van der Waals surface area (Å²) in [7, 11) is 1.60. The smallest absolute Gasteiger partial charge is 0.124 e. The van der Waals surface area contributed by atoms with Crippen LogP contribution in [0.1, 0.15) is 18.1 Å². The predicted octanol–water partition coefficient (Wildman–Crippen LogP) is 1.17. The van der Waals surface area contributed by atoms with Crippen molar-refractivity contribution < 1.29 is 9.84 Å². The zero-order valence-electron chi connectivity index (χ0n) is 8.87. The monoisotopic (exact) mass is 195 g/mol. The van der Waals surface area contributed by atoms with Crippen LogP contribution in [0.5, 0.6) is 5.75 Å². The van der Waals surface area contributed by atoms with Crippen molar-refractivity contribution in [1.82, 2.24) is 0 Å². The first-order valence-electron chi connectivity index (χ1n) is 4.56. The van der Waals surface area contributed by atoms with Crippen molar-refractivity contribution in [1.29, 1.82) is 0 Å². The average molecular weight is 195 g/mol. The van der Waals surface area contributed by atoms with Gasteiger partial charge in [-0.25, -0.2) is 0 Å². The molecule has 0 amide bonds. The Hall–Kier alpha value is -1.06. The molecular formula is C11H17NO2. The van der Waals surface area contributed by atoms with Crippen LogP contribution in [0.2, 0.25) is 0 Å². The SMILES string of the molecule is COc1ccc(C)cc1C(C)(N)CO. The molecule has 0 saturated carbocycles. The number of rotatable bonds is 3. The lowest BCUT2D eigenvalue weighted by atomic mass is 9.92. The largest absolute Gasteiger partial charge is 0.496 e. The van der Waals surface area contributed by atoms with E-state index in [1.807, 2.05) is 25.1 Å². The lowest BCUT2D eigenvalue weighted by Crippen LogP contribution is -2.37. The van der Waals surface area contributed by atoms with Crippen LogP contribution in [0.3, 0.4) is 0 Å². The number of aliphatic hydroxyl groups excluding tert-OH is 1. The summed E-state index contributed by atoms with van der Waals surface area (Å²) in [6.07, 6.45) is 0. The van der Waals surface area contributed by atoms with E-state index in [4.69, 9.17) is 10.5 Å². The predicted molar refractivity (Wildman–Crippen MR) is 56.4 cm³/mol. The minimum Gasteiger partial charge on any atom is -0.496 e. The Labute approximate surface area is 84.5 Å². The fourth-order valence-corrected chi connectivity index (χ4v) is 1.35. The van der Waals surface area contributed by atoms with Gasteiger partial charge in [-0.3, -0.25) is 0 Å². The van der Waals surface area contributed by atoms with Gasteiger partial charge in [-0.15, -0.1) is 0 Å². The molecule has 0 aliphatic rings. The van der Waals surface area contributed by atoms with E-state index in [2.05, 4.69) is 0 Å². The molecule has 3 N–H and O–H groups in total. The quantitative estimate of drug-likeness (QED) is 0.761. The van der Waals surface area contributed by atoms with Gasteiger partial charge in [-0.2, -0.15) is 0 Å². The minimum atomic E-state index is -0.753. The molecule has 0 fully saturated rings. The van der Waals surface area contributed by atoms with Crippen LogP contribution < -0.4 is 10.5 Å². The molecule has 0 bridgehead atoms. The van der Waals surface area contributed by atoms with Crippen molar-refractivity contribution in [3.8, 4) is 5.75 Å². The van der Waals surface area contributed by atoms with Crippen LogP contribution in [0, 0.1) is 6.92 Å². The van der Waals surface area contributed by atoms with Gasteiger partial charge in [0.25, 0.3) is 0 Å². The Morgan fingerprint density at radius 3 is 2.64 bits per heavy atom. The first-order valence-corrected chi connectivity index (χ1v) is 4.56. The van der Waals surface area contributed by atoms with Crippen molar-refractivity contribution in [3.63, 3.8) is 0 Å². The summed E-state index contributed by atoms with van der Waals surface area (Å²) in [4.78, 5) is 0. The Balaban J connectivity index is 3.23. The number of methoxy groups -OCH3 is 1. The maximum atomic E-state index is 9.18. The van der Waals surface area contributed by atoms with E-state index in [9.17, 15) is 5.11 Å². The summed E-state index contributed by atoms with van der Waals surface area (Å²) in [5.74, 6) is 0.717. The van der Waals surface area contributed by atoms with Crippen molar-refractivity contribution >= 4 is 0 Å². The third-order valence-electron chi connectivity index (χ3n) is 2.30. The maximum Gasteiger partial charge on any atom is 0.124 e. The Kier molecular flexibility index (Phi) is 3.13. The molecule has 0 spiro atoms. The molecule has 1 atom stereocenters. The number of aliphatic hydroxyl groups is 1. The van der Waals surface area contributed by atoms with Crippen LogP contribution in [0.15, 0.2) is 18.2 Å². The van der Waals surface area contributed by atoms with Gasteiger partial charge >= 0.3 is 0 Å². The summed E-state index contributed by atoms with van der Waals surface area (Å²) in [5.41, 5.74) is 7.14. The van der Waals surface area contributed by atoms with Crippen molar-refractivity contribution in [2.75, 3.05) is 13.7 Å². The van der Waals surface area contributed by atoms with E-state index in [1.54, 1.807) is 14.0 Å². The van der Waals surface area contributed by atoms with Crippen LogP contribution in [0.25, 0.3) is 0 Å². The van der Waals surface area contributed by atoms with E-state index in [0.29, 0.717) is 0 Å². The molecule has 0 radical (unpaired) electrons. The number of ether oxygens (including phenoxy) is 1. The molecule has 3 heteroatoms. The molecule has 0 aliphatic heterocycles. The zero-order chi connectivity index (χ0) is 10.8. The summed E-state index contributed by atoms with van der Waals surface area (Å²) >= 11 is 0. The van der Waals surface area contributed by atoms with E-state index < -0.39 is 5.54 Å². The molecule has 1 aromatic carbocycles. The number of nitrogens with two attached hydrogens (primary N) is 1. The summed E-state index contributed by atoms with van der Waals surface area (Å²) in [5, 5.41) is 9.18. The third-order valence-corrected chi connectivity index (χ3v) is 2.30. The van der Waals surface area contributed by atoms with Gasteiger partial charge in [0.05, 0.1) is 19.3 Å². The second kappa shape index (κ2) is 3.98. The Morgan fingerprint density at radius 1 is 1.50 bits per heavy atom. The molecule has 1 rings (SSSR count). The topological polar surface area (TPSA) is 55.5 Å². The molecule has 0 heterocycles. The fourth-order valence-electron chi connectivity index (χ4n) is 1.35. The molecular weight excluding hydrogens is 178 g/mol. The van der Waals surface area contributed by atoms with Crippen molar-refractivity contribution in [2.45, 2.75) is 19.4 Å². The first-order chi connectivity index (χ1) is 6.51. The van der Waals surface area contributed by atoms with E-state index in [1.165, 1.54) is 0 Å². The molecule has 1 aromatic rings.